The predicted octanol–water partition coefficient (Wildman–Crippen LogP) is 0.701. The number of carbonyl (C=O) groups is 1. The van der Waals surface area contributed by atoms with Gasteiger partial charge >= 0.3 is 5.97 Å². The van der Waals surface area contributed by atoms with Crippen molar-refractivity contribution < 1.29 is 15.0 Å². The van der Waals surface area contributed by atoms with Crippen molar-refractivity contribution in [1.29, 1.82) is 0 Å². The summed E-state index contributed by atoms with van der Waals surface area (Å²) < 4.78 is 0. The van der Waals surface area contributed by atoms with Crippen LogP contribution in [0.2, 0.25) is 0 Å². The minimum absolute atomic E-state index is 0.105. The molecule has 0 fully saturated rings. The van der Waals surface area contributed by atoms with Gasteiger partial charge in [-0.1, -0.05) is 0 Å². The molecule has 0 aromatic carbocycles. The van der Waals surface area contributed by atoms with Gasteiger partial charge in [0.1, 0.15) is 5.82 Å². The van der Waals surface area contributed by atoms with Gasteiger partial charge in [0.25, 0.3) is 0 Å². The predicted molar refractivity (Wildman–Crippen MR) is 66.5 cm³/mol. The smallest absolute Gasteiger partial charge is 0.356 e. The molecule has 0 saturated heterocycles. The van der Waals surface area contributed by atoms with Crippen molar-refractivity contribution in [2.75, 3.05) is 23.9 Å². The number of aromatic nitrogens is 2. The third kappa shape index (κ3) is 4.58. The van der Waals surface area contributed by atoms with Crippen LogP contribution in [0, 0.1) is 0 Å². The largest absolute Gasteiger partial charge is 0.476 e. The van der Waals surface area contributed by atoms with Gasteiger partial charge in [-0.3, -0.25) is 0 Å². The number of thioether (sulfide) groups is 1. The van der Waals surface area contributed by atoms with Crippen molar-refractivity contribution in [2.24, 2.45) is 0 Å². The Labute approximate surface area is 103 Å². The van der Waals surface area contributed by atoms with Crippen molar-refractivity contribution in [1.82, 2.24) is 10.2 Å². The highest BCUT2D eigenvalue weighted by molar-refractivity contribution is 7.98. The van der Waals surface area contributed by atoms with Gasteiger partial charge in [-0.25, -0.2) is 4.79 Å². The second kappa shape index (κ2) is 5.83. The zero-order valence-corrected chi connectivity index (χ0v) is 10.5. The summed E-state index contributed by atoms with van der Waals surface area (Å²) in [6, 6.07) is 2.88. The number of carboxylic acid groups (broad SMARTS) is 1. The number of rotatable bonds is 6. The van der Waals surface area contributed by atoms with Gasteiger partial charge in [0.05, 0.1) is 5.60 Å². The molecule has 1 rings (SSSR count). The minimum atomic E-state index is -1.11. The first kappa shape index (κ1) is 13.7. The quantitative estimate of drug-likeness (QED) is 0.690. The van der Waals surface area contributed by atoms with E-state index in [1.54, 1.807) is 18.7 Å². The van der Waals surface area contributed by atoms with Crippen molar-refractivity contribution in [2.45, 2.75) is 12.5 Å². The van der Waals surface area contributed by atoms with Crippen LogP contribution in [0.1, 0.15) is 17.4 Å². The Morgan fingerprint density at radius 3 is 2.71 bits per heavy atom. The zero-order chi connectivity index (χ0) is 12.9. The second-order valence-corrected chi connectivity index (χ2v) is 4.76. The maximum Gasteiger partial charge on any atom is 0.356 e. The third-order valence-corrected chi connectivity index (χ3v) is 2.90. The van der Waals surface area contributed by atoms with E-state index in [-0.39, 0.29) is 5.69 Å². The first-order valence-corrected chi connectivity index (χ1v) is 6.36. The Morgan fingerprint density at radius 1 is 1.53 bits per heavy atom. The van der Waals surface area contributed by atoms with Crippen LogP contribution in [-0.4, -0.2) is 50.5 Å². The van der Waals surface area contributed by atoms with Gasteiger partial charge in [0, 0.05) is 12.3 Å². The lowest BCUT2D eigenvalue weighted by atomic mass is 10.1. The molecular formula is C10H15N3O3S. The van der Waals surface area contributed by atoms with E-state index in [4.69, 9.17) is 5.11 Å². The van der Waals surface area contributed by atoms with Gasteiger partial charge in [0.15, 0.2) is 5.69 Å². The van der Waals surface area contributed by atoms with E-state index < -0.39 is 11.6 Å². The van der Waals surface area contributed by atoms with Gasteiger partial charge in [-0.15, -0.1) is 10.2 Å². The van der Waals surface area contributed by atoms with Crippen LogP contribution < -0.4 is 5.32 Å². The molecule has 0 aliphatic carbocycles. The maximum absolute atomic E-state index is 10.5. The normalized spacial score (nSPS) is 14.1. The summed E-state index contributed by atoms with van der Waals surface area (Å²) in [6.45, 7) is 2.05. The Balaban J connectivity index is 2.55. The van der Waals surface area contributed by atoms with Crippen LogP contribution in [0.4, 0.5) is 5.82 Å². The highest BCUT2D eigenvalue weighted by atomic mass is 32.2. The molecule has 17 heavy (non-hydrogen) atoms. The molecular weight excluding hydrogens is 242 g/mol. The van der Waals surface area contributed by atoms with Crippen LogP contribution in [0.3, 0.4) is 0 Å². The number of nitrogens with zero attached hydrogens (tertiary/aromatic N) is 2. The van der Waals surface area contributed by atoms with Crippen LogP contribution in [0.5, 0.6) is 0 Å². The first-order chi connectivity index (χ1) is 7.94. The van der Waals surface area contributed by atoms with E-state index in [0.717, 1.165) is 0 Å². The molecule has 0 aliphatic heterocycles. The maximum atomic E-state index is 10.5. The Hall–Kier alpha value is -1.34. The molecule has 1 heterocycles. The lowest BCUT2D eigenvalue weighted by Crippen LogP contribution is -2.36. The summed E-state index contributed by atoms with van der Waals surface area (Å²) in [7, 11) is 0. The molecule has 1 aromatic rings. The number of carboxylic acids is 1. The molecule has 1 aromatic heterocycles. The molecule has 0 spiro atoms. The van der Waals surface area contributed by atoms with Gasteiger partial charge in [0.2, 0.25) is 0 Å². The van der Waals surface area contributed by atoms with Crippen LogP contribution in [0.15, 0.2) is 12.1 Å². The van der Waals surface area contributed by atoms with E-state index in [1.165, 1.54) is 12.1 Å². The first-order valence-electron chi connectivity index (χ1n) is 4.97. The number of nitrogens with one attached hydrogen (secondary N) is 1. The molecule has 0 aliphatic rings. The molecule has 0 bridgehead atoms. The SMILES string of the molecule is CSCC(C)(O)CNc1ccc(C(=O)O)nn1. The standard InChI is InChI=1S/C10H15N3O3S/c1-10(16,6-17-2)5-11-8-4-3-7(9(14)15)12-13-8/h3-4,16H,5-6H2,1-2H3,(H,11,13)(H,14,15). The molecule has 1 atom stereocenters. The molecule has 0 saturated carbocycles. The summed E-state index contributed by atoms with van der Waals surface area (Å²) in [6.07, 6.45) is 1.91. The zero-order valence-electron chi connectivity index (χ0n) is 9.67. The average Bonchev–Trinajstić information content (AvgIpc) is 2.27. The Kier molecular flexibility index (Phi) is 4.71. The number of anilines is 1. The van der Waals surface area contributed by atoms with Crippen molar-refractivity contribution in [3.05, 3.63) is 17.8 Å². The van der Waals surface area contributed by atoms with Gasteiger partial charge < -0.3 is 15.5 Å². The summed E-state index contributed by atoms with van der Waals surface area (Å²) in [4.78, 5) is 10.5. The summed E-state index contributed by atoms with van der Waals surface area (Å²) in [5.41, 5.74) is -0.946. The van der Waals surface area contributed by atoms with E-state index in [9.17, 15) is 9.90 Å². The number of hydrogen-bond donors (Lipinski definition) is 3. The lowest BCUT2D eigenvalue weighted by molar-refractivity contribution is 0.0689. The Morgan fingerprint density at radius 2 is 2.24 bits per heavy atom. The molecule has 7 heteroatoms. The summed E-state index contributed by atoms with van der Waals surface area (Å²) in [5.74, 6) is -0.0736. The fraction of sp³-hybridized carbons (Fsp3) is 0.500. The third-order valence-electron chi connectivity index (χ3n) is 1.99. The van der Waals surface area contributed by atoms with Crippen LogP contribution in [0.25, 0.3) is 0 Å². The Bertz CT molecular complexity index is 381. The lowest BCUT2D eigenvalue weighted by Gasteiger charge is -2.22. The molecule has 1 unspecified atom stereocenters. The van der Waals surface area contributed by atoms with Gasteiger partial charge in [-0.2, -0.15) is 11.8 Å². The fourth-order valence-electron chi connectivity index (χ4n) is 1.18. The summed E-state index contributed by atoms with van der Waals surface area (Å²) in [5, 5.41) is 28.7. The number of aliphatic hydroxyl groups is 1. The molecule has 94 valence electrons. The van der Waals surface area contributed by atoms with Crippen LogP contribution >= 0.6 is 11.8 Å². The van der Waals surface area contributed by atoms with Crippen LogP contribution in [-0.2, 0) is 0 Å². The van der Waals surface area contributed by atoms with Crippen molar-refractivity contribution in [3.8, 4) is 0 Å². The van der Waals surface area contributed by atoms with Gasteiger partial charge in [-0.05, 0) is 25.3 Å². The fourth-order valence-corrected chi connectivity index (χ4v) is 1.91. The van der Waals surface area contributed by atoms with E-state index in [2.05, 4.69) is 15.5 Å². The average molecular weight is 257 g/mol. The van der Waals surface area contributed by atoms with Crippen molar-refractivity contribution >= 4 is 23.5 Å². The molecule has 0 amide bonds. The topological polar surface area (TPSA) is 95.3 Å². The van der Waals surface area contributed by atoms with Crippen molar-refractivity contribution in [3.63, 3.8) is 0 Å². The molecule has 3 N–H and O–H groups in total. The number of hydrogen-bond acceptors (Lipinski definition) is 6. The van der Waals surface area contributed by atoms with E-state index >= 15 is 0 Å². The monoisotopic (exact) mass is 257 g/mol. The minimum Gasteiger partial charge on any atom is -0.476 e. The van der Waals surface area contributed by atoms with E-state index in [1.807, 2.05) is 6.26 Å². The summed E-state index contributed by atoms with van der Waals surface area (Å²) >= 11 is 1.55. The molecule has 0 radical (unpaired) electrons. The number of aromatic carboxylic acids is 1. The highest BCUT2D eigenvalue weighted by Gasteiger charge is 2.19. The molecule has 6 nitrogen and oxygen atoms in total. The second-order valence-electron chi connectivity index (χ2n) is 3.89. The van der Waals surface area contributed by atoms with E-state index in [0.29, 0.717) is 18.1 Å². The highest BCUT2D eigenvalue weighted by Crippen LogP contribution is 2.11.